The number of fused-ring (bicyclic) bond motifs is 3. The summed E-state index contributed by atoms with van der Waals surface area (Å²) in [6.07, 6.45) is 6.00. The van der Waals surface area contributed by atoms with Gasteiger partial charge in [-0.3, -0.25) is 19.4 Å². The van der Waals surface area contributed by atoms with Crippen molar-refractivity contribution in [1.82, 2.24) is 15.2 Å². The number of aliphatic carboxylic acids is 1. The Hall–Kier alpha value is -4.02. The van der Waals surface area contributed by atoms with E-state index in [9.17, 15) is 28.7 Å². The molecule has 3 heterocycles. The van der Waals surface area contributed by atoms with Crippen LogP contribution in [0.15, 0.2) is 60.9 Å². The van der Waals surface area contributed by atoms with E-state index in [4.69, 9.17) is 23.2 Å². The third-order valence-corrected chi connectivity index (χ3v) is 8.92. The quantitative estimate of drug-likeness (QED) is 0.276. The number of nitrogens with one attached hydrogen (secondary N) is 2. The summed E-state index contributed by atoms with van der Waals surface area (Å²) in [6, 6.07) is 10.7. The zero-order valence-corrected chi connectivity index (χ0v) is 25.2. The maximum absolute atomic E-state index is 14.1. The van der Waals surface area contributed by atoms with Crippen LogP contribution in [0.4, 0.5) is 10.1 Å². The Labute approximate surface area is 263 Å². The lowest BCUT2D eigenvalue weighted by Gasteiger charge is -2.50. The maximum Gasteiger partial charge on any atom is 0.326 e. The Kier molecular flexibility index (Phi) is 9.80. The van der Waals surface area contributed by atoms with Crippen molar-refractivity contribution in [3.63, 3.8) is 0 Å². The number of piperidine rings is 2. The van der Waals surface area contributed by atoms with E-state index in [-0.39, 0.29) is 58.6 Å². The molecule has 3 aromatic rings. The Morgan fingerprint density at radius 2 is 1.64 bits per heavy atom. The van der Waals surface area contributed by atoms with E-state index >= 15 is 0 Å². The van der Waals surface area contributed by atoms with Gasteiger partial charge in [0.05, 0.1) is 15.6 Å². The number of rotatable bonds is 10. The van der Waals surface area contributed by atoms with E-state index in [1.54, 1.807) is 47.4 Å². The molecule has 3 N–H and O–H groups in total. The molecule has 0 radical (unpaired) electrons. The molecule has 3 fully saturated rings. The standard InChI is InChI=1S/C32H31Cl2FN4O5/c33-23-16-36-17-24(34)28(23)30(41)37-21-10-5-18(6-11-21)15-26(32(43)44)38-31(42)29-20-7-12-22(13-8-20)39(29)27(40)14-9-19-3-1-2-4-25(19)35/h1-6,10-11,16-17,20,22,26,29H,7-9,12-15H2,(H,37,41)(H,38,42)(H,43,44)/t20?,22?,26-,29-/m0/s1. The van der Waals surface area contributed by atoms with Gasteiger partial charge >= 0.3 is 5.97 Å². The summed E-state index contributed by atoms with van der Waals surface area (Å²) in [5.74, 6) is -2.92. The lowest BCUT2D eigenvalue weighted by molar-refractivity contribution is -0.154. The number of carboxylic acid groups (broad SMARTS) is 1. The van der Waals surface area contributed by atoms with E-state index in [0.717, 1.165) is 25.7 Å². The number of hydrogen-bond donors (Lipinski definition) is 3. The van der Waals surface area contributed by atoms with Gasteiger partial charge in [-0.05, 0) is 67.3 Å². The smallest absolute Gasteiger partial charge is 0.326 e. The lowest BCUT2D eigenvalue weighted by Crippen LogP contribution is -2.64. The molecule has 44 heavy (non-hydrogen) atoms. The fraction of sp³-hybridized carbons (Fsp3) is 0.344. The molecular formula is C32H31Cl2FN4O5. The SMILES string of the molecule is O=C(Nc1ccc(C[C@H](NC(=O)[C@@H]2C3CCC(CC3)N2C(=O)CCc2ccccc2F)C(=O)O)cc1)c1c(Cl)cncc1Cl. The first kappa shape index (κ1) is 31.4. The van der Waals surface area contributed by atoms with E-state index in [1.807, 2.05) is 0 Å². The van der Waals surface area contributed by atoms with Gasteiger partial charge in [-0.25, -0.2) is 9.18 Å². The molecule has 1 saturated carbocycles. The van der Waals surface area contributed by atoms with Crippen LogP contribution in [0, 0.1) is 11.7 Å². The number of carboxylic acids is 1. The van der Waals surface area contributed by atoms with Crippen LogP contribution in [0.5, 0.6) is 0 Å². The number of pyridine rings is 1. The second-order valence-corrected chi connectivity index (χ2v) is 12.0. The molecule has 3 amide bonds. The summed E-state index contributed by atoms with van der Waals surface area (Å²) < 4.78 is 14.1. The van der Waals surface area contributed by atoms with Crippen molar-refractivity contribution in [3.8, 4) is 0 Å². The molecule has 2 bridgehead atoms. The summed E-state index contributed by atoms with van der Waals surface area (Å²) in [5, 5.41) is 15.5. The van der Waals surface area contributed by atoms with Crippen LogP contribution in [0.2, 0.25) is 10.0 Å². The molecule has 0 spiro atoms. The molecule has 2 aliphatic heterocycles. The molecule has 230 valence electrons. The molecule has 6 rings (SSSR count). The number of carbonyl (C=O) groups excluding carboxylic acids is 3. The van der Waals surface area contributed by atoms with Crippen LogP contribution in [0.3, 0.4) is 0 Å². The number of aryl methyl sites for hydroxylation is 1. The van der Waals surface area contributed by atoms with E-state index in [1.165, 1.54) is 18.5 Å². The van der Waals surface area contributed by atoms with Crippen LogP contribution >= 0.6 is 23.2 Å². The molecule has 0 unspecified atom stereocenters. The molecule has 12 heteroatoms. The second kappa shape index (κ2) is 13.7. The molecule has 2 saturated heterocycles. The highest BCUT2D eigenvalue weighted by atomic mass is 35.5. The normalized spacial score (nSPS) is 19.7. The number of nitrogens with zero attached hydrogens (tertiary/aromatic N) is 2. The Balaban J connectivity index is 1.24. The van der Waals surface area contributed by atoms with Gasteiger partial charge in [0.2, 0.25) is 11.8 Å². The van der Waals surface area contributed by atoms with Gasteiger partial charge in [-0.15, -0.1) is 0 Å². The average Bonchev–Trinajstić information content (AvgIpc) is 3.01. The predicted octanol–water partition coefficient (Wildman–Crippen LogP) is 5.29. The minimum Gasteiger partial charge on any atom is -0.480 e. The van der Waals surface area contributed by atoms with Crippen LogP contribution < -0.4 is 10.6 Å². The van der Waals surface area contributed by atoms with Crippen LogP contribution in [0.25, 0.3) is 0 Å². The third kappa shape index (κ3) is 7.03. The molecule has 1 aliphatic carbocycles. The summed E-state index contributed by atoms with van der Waals surface area (Å²) in [5.41, 5.74) is 1.56. The van der Waals surface area contributed by atoms with Crippen LogP contribution in [-0.2, 0) is 27.2 Å². The Bertz CT molecular complexity index is 1540. The van der Waals surface area contributed by atoms with Crippen molar-refractivity contribution in [3.05, 3.63) is 93.5 Å². The van der Waals surface area contributed by atoms with Gasteiger partial charge in [0.25, 0.3) is 5.91 Å². The summed E-state index contributed by atoms with van der Waals surface area (Å²) >= 11 is 12.1. The van der Waals surface area contributed by atoms with Crippen molar-refractivity contribution in [2.45, 2.75) is 63.1 Å². The van der Waals surface area contributed by atoms with E-state index in [2.05, 4.69) is 15.6 Å². The average molecular weight is 642 g/mol. The fourth-order valence-corrected chi connectivity index (χ4v) is 6.70. The maximum atomic E-state index is 14.1. The van der Waals surface area contributed by atoms with Gasteiger partial charge in [0, 0.05) is 37.0 Å². The number of benzene rings is 2. The van der Waals surface area contributed by atoms with Gasteiger partial charge in [0.15, 0.2) is 0 Å². The molecule has 9 nitrogen and oxygen atoms in total. The zero-order chi connectivity index (χ0) is 31.4. The zero-order valence-electron chi connectivity index (χ0n) is 23.6. The number of hydrogen-bond acceptors (Lipinski definition) is 5. The van der Waals surface area contributed by atoms with Crippen molar-refractivity contribution >= 4 is 52.6 Å². The van der Waals surface area contributed by atoms with Crippen molar-refractivity contribution < 1.29 is 28.7 Å². The highest BCUT2D eigenvalue weighted by Crippen LogP contribution is 2.40. The highest BCUT2D eigenvalue weighted by molar-refractivity contribution is 6.40. The predicted molar refractivity (Wildman–Crippen MR) is 163 cm³/mol. The first-order valence-corrected chi connectivity index (χ1v) is 15.1. The van der Waals surface area contributed by atoms with Crippen LogP contribution in [0.1, 0.15) is 53.6 Å². The third-order valence-electron chi connectivity index (χ3n) is 8.35. The van der Waals surface area contributed by atoms with Gasteiger partial charge in [-0.1, -0.05) is 53.5 Å². The first-order valence-electron chi connectivity index (χ1n) is 14.4. The highest BCUT2D eigenvalue weighted by Gasteiger charge is 2.47. The summed E-state index contributed by atoms with van der Waals surface area (Å²) in [6.45, 7) is 0. The van der Waals surface area contributed by atoms with Crippen molar-refractivity contribution in [1.29, 1.82) is 0 Å². The summed E-state index contributed by atoms with van der Waals surface area (Å²) in [7, 11) is 0. The monoisotopic (exact) mass is 640 g/mol. The minimum absolute atomic E-state index is 0.0145. The van der Waals surface area contributed by atoms with Gasteiger partial charge < -0.3 is 20.6 Å². The fourth-order valence-electron chi connectivity index (χ4n) is 6.16. The largest absolute Gasteiger partial charge is 0.480 e. The number of aromatic nitrogens is 1. The van der Waals surface area contributed by atoms with E-state index < -0.39 is 29.9 Å². The molecule has 2 aromatic carbocycles. The topological polar surface area (TPSA) is 129 Å². The summed E-state index contributed by atoms with van der Waals surface area (Å²) in [4.78, 5) is 57.3. The Morgan fingerprint density at radius 3 is 2.27 bits per heavy atom. The number of amides is 3. The Morgan fingerprint density at radius 1 is 0.977 bits per heavy atom. The van der Waals surface area contributed by atoms with Crippen LogP contribution in [-0.4, -0.2) is 56.8 Å². The first-order chi connectivity index (χ1) is 21.1. The van der Waals surface area contributed by atoms with E-state index in [0.29, 0.717) is 16.8 Å². The molecule has 3 aliphatic rings. The molecule has 2 atom stereocenters. The lowest BCUT2D eigenvalue weighted by atomic mass is 9.74. The van der Waals surface area contributed by atoms with Gasteiger partial charge in [-0.2, -0.15) is 0 Å². The number of anilines is 1. The molecule has 1 aromatic heterocycles. The molecular weight excluding hydrogens is 610 g/mol. The number of carbonyl (C=O) groups is 4. The van der Waals surface area contributed by atoms with Gasteiger partial charge in [0.1, 0.15) is 17.9 Å². The second-order valence-electron chi connectivity index (χ2n) is 11.1. The minimum atomic E-state index is -1.24. The number of halogens is 3. The van der Waals surface area contributed by atoms with Crippen molar-refractivity contribution in [2.24, 2.45) is 5.92 Å². The van der Waals surface area contributed by atoms with Crippen molar-refractivity contribution in [2.75, 3.05) is 5.32 Å².